The summed E-state index contributed by atoms with van der Waals surface area (Å²) in [4.78, 5) is 0. The molecule has 1 saturated carbocycles. The van der Waals surface area contributed by atoms with Crippen LogP contribution in [0.25, 0.3) is 0 Å². The zero-order valence-corrected chi connectivity index (χ0v) is 12.9. The van der Waals surface area contributed by atoms with Crippen LogP contribution in [0.2, 0.25) is 5.02 Å². The first-order valence-corrected chi connectivity index (χ1v) is 7.88. The summed E-state index contributed by atoms with van der Waals surface area (Å²) in [6, 6.07) is 4.32. The van der Waals surface area contributed by atoms with Gasteiger partial charge in [-0.15, -0.1) is 0 Å². The maximum Gasteiger partial charge on any atom is 0.163 e. The largest absolute Gasteiger partial charge is 0.486 e. The van der Waals surface area contributed by atoms with Crippen molar-refractivity contribution in [1.82, 2.24) is 0 Å². The standard InChI is InChI=1S/C16H22ClNO2/c1-10-4-3-5-13(11(10)2)18-14-9-16-15(8-12(14)17)19-6-7-20-16/h8-11,13,18H,3-7H2,1-2H3. The Labute approximate surface area is 125 Å². The average Bonchev–Trinajstić information content (AvgIpc) is 2.44. The molecule has 1 fully saturated rings. The molecule has 110 valence electrons. The second kappa shape index (κ2) is 5.72. The highest BCUT2D eigenvalue weighted by Crippen LogP contribution is 2.40. The molecule has 1 aromatic rings. The molecule has 1 N–H and O–H groups in total. The minimum atomic E-state index is 0.485. The summed E-state index contributed by atoms with van der Waals surface area (Å²) in [6.45, 7) is 5.86. The van der Waals surface area contributed by atoms with Crippen LogP contribution >= 0.6 is 11.6 Å². The van der Waals surface area contributed by atoms with Gasteiger partial charge in [-0.1, -0.05) is 38.3 Å². The molecule has 3 unspecified atom stereocenters. The van der Waals surface area contributed by atoms with Gasteiger partial charge in [-0.2, -0.15) is 0 Å². The Morgan fingerprint density at radius 2 is 1.80 bits per heavy atom. The van der Waals surface area contributed by atoms with Crippen molar-refractivity contribution < 1.29 is 9.47 Å². The van der Waals surface area contributed by atoms with Crippen LogP contribution in [-0.4, -0.2) is 19.3 Å². The van der Waals surface area contributed by atoms with Crippen molar-refractivity contribution in [3.63, 3.8) is 0 Å². The number of benzene rings is 1. The van der Waals surface area contributed by atoms with Crippen LogP contribution in [-0.2, 0) is 0 Å². The fraction of sp³-hybridized carbons (Fsp3) is 0.625. The van der Waals surface area contributed by atoms with Gasteiger partial charge in [-0.3, -0.25) is 0 Å². The van der Waals surface area contributed by atoms with Crippen LogP contribution in [0.15, 0.2) is 12.1 Å². The Hall–Kier alpha value is -1.09. The van der Waals surface area contributed by atoms with E-state index in [-0.39, 0.29) is 0 Å². The van der Waals surface area contributed by atoms with Gasteiger partial charge in [-0.05, 0) is 18.3 Å². The van der Waals surface area contributed by atoms with E-state index in [0.717, 1.165) is 23.1 Å². The minimum Gasteiger partial charge on any atom is -0.486 e. The first-order valence-electron chi connectivity index (χ1n) is 7.51. The molecule has 1 heterocycles. The summed E-state index contributed by atoms with van der Waals surface area (Å²) >= 11 is 6.37. The molecule has 3 rings (SSSR count). The highest BCUT2D eigenvalue weighted by molar-refractivity contribution is 6.33. The van der Waals surface area contributed by atoms with E-state index in [0.29, 0.717) is 30.2 Å². The third-order valence-corrected chi connectivity index (χ3v) is 4.99. The number of nitrogens with one attached hydrogen (secondary N) is 1. The van der Waals surface area contributed by atoms with E-state index < -0.39 is 0 Å². The lowest BCUT2D eigenvalue weighted by atomic mass is 9.78. The number of rotatable bonds is 2. The van der Waals surface area contributed by atoms with Crippen molar-refractivity contribution in [3.05, 3.63) is 17.2 Å². The van der Waals surface area contributed by atoms with Gasteiger partial charge >= 0.3 is 0 Å². The molecule has 4 heteroatoms. The summed E-state index contributed by atoms with van der Waals surface area (Å²) in [5, 5.41) is 4.32. The highest BCUT2D eigenvalue weighted by atomic mass is 35.5. The van der Waals surface area contributed by atoms with Gasteiger partial charge in [0.25, 0.3) is 0 Å². The maximum atomic E-state index is 6.37. The first kappa shape index (κ1) is 13.9. The summed E-state index contributed by atoms with van der Waals surface area (Å²) < 4.78 is 11.2. The summed E-state index contributed by atoms with van der Waals surface area (Å²) in [5.41, 5.74) is 0.960. The lowest BCUT2D eigenvalue weighted by Gasteiger charge is -2.35. The Morgan fingerprint density at radius 1 is 1.10 bits per heavy atom. The van der Waals surface area contributed by atoms with Crippen LogP contribution in [0.4, 0.5) is 5.69 Å². The van der Waals surface area contributed by atoms with Gasteiger partial charge in [-0.25, -0.2) is 0 Å². The van der Waals surface area contributed by atoms with Crippen LogP contribution in [0.3, 0.4) is 0 Å². The zero-order chi connectivity index (χ0) is 14.1. The summed E-state index contributed by atoms with van der Waals surface area (Å²) in [5.74, 6) is 2.96. The highest BCUT2D eigenvalue weighted by Gasteiger charge is 2.27. The average molecular weight is 296 g/mol. The Bertz CT molecular complexity index is 492. The number of anilines is 1. The smallest absolute Gasteiger partial charge is 0.163 e. The van der Waals surface area contributed by atoms with E-state index in [4.69, 9.17) is 21.1 Å². The fourth-order valence-electron chi connectivity index (χ4n) is 3.16. The van der Waals surface area contributed by atoms with Crippen molar-refractivity contribution in [2.24, 2.45) is 11.8 Å². The third kappa shape index (κ3) is 2.69. The Morgan fingerprint density at radius 3 is 2.55 bits per heavy atom. The van der Waals surface area contributed by atoms with E-state index in [1.54, 1.807) is 0 Å². The first-order chi connectivity index (χ1) is 9.65. The van der Waals surface area contributed by atoms with Gasteiger partial charge in [0.05, 0.1) is 10.7 Å². The number of hydrogen-bond donors (Lipinski definition) is 1. The molecule has 0 bridgehead atoms. The molecule has 1 aliphatic heterocycles. The van der Waals surface area contributed by atoms with Gasteiger partial charge in [0.1, 0.15) is 13.2 Å². The zero-order valence-electron chi connectivity index (χ0n) is 12.1. The Balaban J connectivity index is 1.80. The van der Waals surface area contributed by atoms with Crippen molar-refractivity contribution in [1.29, 1.82) is 0 Å². The molecule has 3 atom stereocenters. The molecule has 3 nitrogen and oxygen atoms in total. The predicted molar refractivity (Wildman–Crippen MR) is 82.0 cm³/mol. The number of ether oxygens (including phenoxy) is 2. The van der Waals surface area contributed by atoms with E-state index in [1.807, 2.05) is 12.1 Å². The minimum absolute atomic E-state index is 0.485. The number of halogens is 1. The molecule has 0 spiro atoms. The van der Waals surface area contributed by atoms with E-state index in [2.05, 4.69) is 19.2 Å². The molecular weight excluding hydrogens is 274 g/mol. The van der Waals surface area contributed by atoms with Gasteiger partial charge in [0.15, 0.2) is 11.5 Å². The molecule has 0 saturated heterocycles. The molecule has 0 amide bonds. The second-order valence-corrected chi connectivity index (χ2v) is 6.40. The predicted octanol–water partition coefficient (Wildman–Crippen LogP) is 4.35. The monoisotopic (exact) mass is 295 g/mol. The normalized spacial score (nSPS) is 29.1. The Kier molecular flexibility index (Phi) is 3.97. The van der Waals surface area contributed by atoms with Crippen molar-refractivity contribution in [2.75, 3.05) is 18.5 Å². The topological polar surface area (TPSA) is 30.5 Å². The van der Waals surface area contributed by atoms with Crippen LogP contribution in [0, 0.1) is 11.8 Å². The molecule has 0 aromatic heterocycles. The van der Waals surface area contributed by atoms with Crippen molar-refractivity contribution >= 4 is 17.3 Å². The number of fused-ring (bicyclic) bond motifs is 1. The quantitative estimate of drug-likeness (QED) is 0.880. The molecule has 2 aliphatic rings. The van der Waals surface area contributed by atoms with Crippen LogP contribution in [0.5, 0.6) is 11.5 Å². The fourth-order valence-corrected chi connectivity index (χ4v) is 3.37. The molecule has 0 radical (unpaired) electrons. The van der Waals surface area contributed by atoms with Gasteiger partial charge in [0.2, 0.25) is 0 Å². The van der Waals surface area contributed by atoms with Crippen LogP contribution < -0.4 is 14.8 Å². The third-order valence-electron chi connectivity index (χ3n) is 4.68. The van der Waals surface area contributed by atoms with Crippen molar-refractivity contribution in [2.45, 2.75) is 39.2 Å². The molecule has 1 aliphatic carbocycles. The molecule has 1 aromatic carbocycles. The second-order valence-electron chi connectivity index (χ2n) is 5.99. The summed E-state index contributed by atoms with van der Waals surface area (Å²) in [6.07, 6.45) is 3.82. The lowest BCUT2D eigenvalue weighted by molar-refractivity contribution is 0.171. The van der Waals surface area contributed by atoms with E-state index in [1.165, 1.54) is 19.3 Å². The number of hydrogen-bond acceptors (Lipinski definition) is 3. The van der Waals surface area contributed by atoms with E-state index in [9.17, 15) is 0 Å². The molecule has 20 heavy (non-hydrogen) atoms. The van der Waals surface area contributed by atoms with E-state index >= 15 is 0 Å². The van der Waals surface area contributed by atoms with Crippen LogP contribution in [0.1, 0.15) is 33.1 Å². The van der Waals surface area contributed by atoms with Gasteiger partial charge in [0, 0.05) is 18.2 Å². The SMILES string of the molecule is CC1CCCC(Nc2cc3c(cc2Cl)OCCO3)C1C. The van der Waals surface area contributed by atoms with Crippen molar-refractivity contribution in [3.8, 4) is 11.5 Å². The lowest BCUT2D eigenvalue weighted by Crippen LogP contribution is -2.35. The van der Waals surface area contributed by atoms with Gasteiger partial charge < -0.3 is 14.8 Å². The summed E-state index contributed by atoms with van der Waals surface area (Å²) in [7, 11) is 0. The maximum absolute atomic E-state index is 6.37. The molecular formula is C16H22ClNO2.